The molecule has 1 nitrogen and oxygen atoms in total. The van der Waals surface area contributed by atoms with E-state index in [2.05, 4.69) is 67.7 Å². The Hall–Kier alpha value is -1.60. The Morgan fingerprint density at radius 3 is 2.55 bits per heavy atom. The van der Waals surface area contributed by atoms with Gasteiger partial charge in [0.15, 0.2) is 0 Å². The first kappa shape index (κ1) is 13.4. The van der Waals surface area contributed by atoms with Crippen LogP contribution in [-0.4, -0.2) is 6.04 Å². The number of hydrogen-bond donors (Lipinski definition) is 1. The second-order valence-corrected chi connectivity index (χ2v) is 6.09. The van der Waals surface area contributed by atoms with Gasteiger partial charge in [-0.3, -0.25) is 0 Å². The smallest absolute Gasteiger partial charge is 0.0210 e. The van der Waals surface area contributed by atoms with E-state index in [1.807, 2.05) is 0 Å². The topological polar surface area (TPSA) is 12.0 Å². The molecule has 0 atom stereocenters. The molecular weight excluding hydrogens is 242 g/mol. The molecule has 0 spiro atoms. The summed E-state index contributed by atoms with van der Waals surface area (Å²) >= 11 is 0. The maximum Gasteiger partial charge on any atom is 0.0210 e. The van der Waals surface area contributed by atoms with Crippen molar-refractivity contribution < 1.29 is 0 Å². The van der Waals surface area contributed by atoms with E-state index in [-0.39, 0.29) is 0 Å². The van der Waals surface area contributed by atoms with E-state index in [9.17, 15) is 0 Å². The van der Waals surface area contributed by atoms with Crippen LogP contribution in [0, 0.1) is 13.8 Å². The minimum absolute atomic E-state index is 0.681. The molecule has 0 radical (unpaired) electrons. The molecule has 104 valence electrons. The molecular formula is C19H23N. The highest BCUT2D eigenvalue weighted by Gasteiger charge is 2.29. The monoisotopic (exact) mass is 265 g/mol. The van der Waals surface area contributed by atoms with Crippen LogP contribution in [0.1, 0.15) is 41.0 Å². The van der Waals surface area contributed by atoms with E-state index < -0.39 is 0 Å². The molecule has 3 rings (SSSR count). The average molecular weight is 265 g/mol. The molecule has 20 heavy (non-hydrogen) atoms. The Morgan fingerprint density at radius 2 is 1.80 bits per heavy atom. The van der Waals surface area contributed by atoms with Gasteiger partial charge in [-0.1, -0.05) is 54.1 Å². The van der Waals surface area contributed by atoms with Crippen molar-refractivity contribution in [1.82, 2.24) is 5.32 Å². The molecule has 0 bridgehead atoms. The fraction of sp³-hybridized carbons (Fsp3) is 0.368. The predicted octanol–water partition coefficient (Wildman–Crippen LogP) is 4.34. The molecule has 0 heterocycles. The fourth-order valence-electron chi connectivity index (χ4n) is 3.04. The van der Waals surface area contributed by atoms with E-state index in [4.69, 9.17) is 0 Å². The summed E-state index contributed by atoms with van der Waals surface area (Å²) in [4.78, 5) is 0. The van der Waals surface area contributed by atoms with Crippen molar-refractivity contribution in [3.05, 3.63) is 70.8 Å². The Kier molecular flexibility index (Phi) is 3.88. The van der Waals surface area contributed by atoms with Crippen LogP contribution in [0.2, 0.25) is 0 Å². The van der Waals surface area contributed by atoms with Gasteiger partial charge in [0, 0.05) is 12.6 Å². The lowest BCUT2D eigenvalue weighted by Gasteiger charge is -2.36. The van der Waals surface area contributed by atoms with Crippen LogP contribution in [0.4, 0.5) is 0 Å². The lowest BCUT2D eigenvalue weighted by atomic mass is 9.75. The van der Waals surface area contributed by atoms with Crippen molar-refractivity contribution in [3.63, 3.8) is 0 Å². The SMILES string of the molecule is Cc1cccc(C2CC(NCc3ccccc3C)C2)c1. The standard InChI is InChI=1S/C19H23N/c1-14-6-5-9-16(10-14)18-11-19(12-18)20-13-17-8-4-3-7-15(17)2/h3-10,18-20H,11-13H2,1-2H3. The van der Waals surface area contributed by atoms with Gasteiger partial charge in [0.2, 0.25) is 0 Å². The van der Waals surface area contributed by atoms with E-state index in [0.717, 1.165) is 12.5 Å². The van der Waals surface area contributed by atoms with Crippen molar-refractivity contribution in [3.8, 4) is 0 Å². The summed E-state index contributed by atoms with van der Waals surface area (Å²) < 4.78 is 0. The quantitative estimate of drug-likeness (QED) is 0.867. The van der Waals surface area contributed by atoms with Gasteiger partial charge in [-0.2, -0.15) is 0 Å². The van der Waals surface area contributed by atoms with Gasteiger partial charge in [0.05, 0.1) is 0 Å². The van der Waals surface area contributed by atoms with Crippen LogP contribution >= 0.6 is 0 Å². The molecule has 0 aromatic heterocycles. The Balaban J connectivity index is 1.50. The molecule has 0 aliphatic heterocycles. The number of benzene rings is 2. The molecule has 1 aliphatic rings. The van der Waals surface area contributed by atoms with Crippen LogP contribution in [0.3, 0.4) is 0 Å². The Morgan fingerprint density at radius 1 is 1.00 bits per heavy atom. The second kappa shape index (κ2) is 5.80. The van der Waals surface area contributed by atoms with Gasteiger partial charge in [-0.15, -0.1) is 0 Å². The van der Waals surface area contributed by atoms with Crippen LogP contribution in [-0.2, 0) is 6.54 Å². The number of aryl methyl sites for hydroxylation is 2. The molecule has 1 saturated carbocycles. The molecule has 2 aromatic rings. The Bertz CT molecular complexity index is 582. The minimum atomic E-state index is 0.681. The normalized spacial score (nSPS) is 21.5. The third kappa shape index (κ3) is 2.94. The van der Waals surface area contributed by atoms with Gasteiger partial charge in [0.25, 0.3) is 0 Å². The molecule has 1 N–H and O–H groups in total. The first-order chi connectivity index (χ1) is 9.72. The number of nitrogens with one attached hydrogen (secondary N) is 1. The summed E-state index contributed by atoms with van der Waals surface area (Å²) in [6, 6.07) is 18.3. The highest BCUT2D eigenvalue weighted by Crippen LogP contribution is 2.37. The third-order valence-corrected chi connectivity index (χ3v) is 4.49. The van der Waals surface area contributed by atoms with Crippen molar-refractivity contribution in [1.29, 1.82) is 0 Å². The van der Waals surface area contributed by atoms with E-state index in [1.165, 1.54) is 35.1 Å². The van der Waals surface area contributed by atoms with Gasteiger partial charge in [-0.05, 0) is 49.3 Å². The zero-order valence-corrected chi connectivity index (χ0v) is 12.4. The maximum atomic E-state index is 3.69. The van der Waals surface area contributed by atoms with E-state index >= 15 is 0 Å². The summed E-state index contributed by atoms with van der Waals surface area (Å²) in [7, 11) is 0. The summed E-state index contributed by atoms with van der Waals surface area (Å²) in [6.45, 7) is 5.36. The van der Waals surface area contributed by atoms with E-state index in [1.54, 1.807) is 0 Å². The summed E-state index contributed by atoms with van der Waals surface area (Å²) in [5, 5.41) is 3.69. The Labute approximate surface area is 122 Å². The van der Waals surface area contributed by atoms with Crippen molar-refractivity contribution in [2.45, 2.75) is 45.2 Å². The van der Waals surface area contributed by atoms with Gasteiger partial charge in [0.1, 0.15) is 0 Å². The maximum absolute atomic E-state index is 3.69. The zero-order valence-electron chi connectivity index (χ0n) is 12.4. The predicted molar refractivity (Wildman–Crippen MR) is 85.0 cm³/mol. The van der Waals surface area contributed by atoms with Crippen molar-refractivity contribution in [2.75, 3.05) is 0 Å². The minimum Gasteiger partial charge on any atom is -0.310 e. The average Bonchev–Trinajstić information content (AvgIpc) is 2.39. The first-order valence-corrected chi connectivity index (χ1v) is 7.57. The molecule has 0 amide bonds. The van der Waals surface area contributed by atoms with Gasteiger partial charge >= 0.3 is 0 Å². The highest BCUT2D eigenvalue weighted by molar-refractivity contribution is 5.28. The van der Waals surface area contributed by atoms with Gasteiger partial charge in [-0.25, -0.2) is 0 Å². The van der Waals surface area contributed by atoms with Crippen LogP contribution in [0.5, 0.6) is 0 Å². The van der Waals surface area contributed by atoms with Gasteiger partial charge < -0.3 is 5.32 Å². The number of hydrogen-bond acceptors (Lipinski definition) is 1. The number of rotatable bonds is 4. The molecule has 0 unspecified atom stereocenters. The largest absolute Gasteiger partial charge is 0.310 e. The molecule has 1 heteroatoms. The second-order valence-electron chi connectivity index (χ2n) is 6.09. The molecule has 1 fully saturated rings. The molecule has 2 aromatic carbocycles. The first-order valence-electron chi connectivity index (χ1n) is 7.57. The molecule has 0 saturated heterocycles. The van der Waals surface area contributed by atoms with Crippen molar-refractivity contribution >= 4 is 0 Å². The third-order valence-electron chi connectivity index (χ3n) is 4.49. The lowest BCUT2D eigenvalue weighted by molar-refractivity contribution is 0.289. The van der Waals surface area contributed by atoms with Crippen LogP contribution in [0.15, 0.2) is 48.5 Å². The zero-order chi connectivity index (χ0) is 13.9. The summed E-state index contributed by atoms with van der Waals surface area (Å²) in [5.74, 6) is 0.754. The molecule has 1 aliphatic carbocycles. The van der Waals surface area contributed by atoms with E-state index in [0.29, 0.717) is 6.04 Å². The van der Waals surface area contributed by atoms with Crippen molar-refractivity contribution in [2.24, 2.45) is 0 Å². The highest BCUT2D eigenvalue weighted by atomic mass is 14.9. The fourth-order valence-corrected chi connectivity index (χ4v) is 3.04. The van der Waals surface area contributed by atoms with Crippen LogP contribution < -0.4 is 5.32 Å². The summed E-state index contributed by atoms with van der Waals surface area (Å²) in [6.07, 6.45) is 2.55. The lowest BCUT2D eigenvalue weighted by Crippen LogP contribution is -2.39. The summed E-state index contributed by atoms with van der Waals surface area (Å²) in [5.41, 5.74) is 5.69. The van der Waals surface area contributed by atoms with Crippen LogP contribution in [0.25, 0.3) is 0 Å².